The van der Waals surface area contributed by atoms with E-state index in [-0.39, 0.29) is 16.9 Å². The quantitative estimate of drug-likeness (QED) is 0.658. The molecule has 0 aliphatic heterocycles. The highest BCUT2D eigenvalue weighted by Gasteiger charge is 2.61. The van der Waals surface area contributed by atoms with Crippen LogP contribution in [-0.4, -0.2) is 21.1 Å². The third-order valence-corrected chi connectivity index (χ3v) is 6.30. The second-order valence-electron chi connectivity index (χ2n) is 7.79. The standard InChI is InChI=1S/C17H19NO5/c19-14-2-1-12(4-13(14)18(22)23)16-5-10-3-11(6-16)8-17(7-10,9-16)15(20)21/h1-2,4,10-11,19H,3,5-9H2,(H,20,21). The average molecular weight is 317 g/mol. The molecule has 0 aromatic heterocycles. The van der Waals surface area contributed by atoms with Crippen molar-refractivity contribution in [3.8, 4) is 5.75 Å². The Morgan fingerprint density at radius 2 is 1.87 bits per heavy atom. The van der Waals surface area contributed by atoms with E-state index >= 15 is 0 Å². The number of phenolic OH excluding ortho intramolecular Hbond substituents is 1. The van der Waals surface area contributed by atoms with Gasteiger partial charge in [-0.15, -0.1) is 0 Å². The number of carboxylic acid groups (broad SMARTS) is 1. The fraction of sp³-hybridized carbons (Fsp3) is 0.588. The van der Waals surface area contributed by atoms with Crippen molar-refractivity contribution >= 4 is 11.7 Å². The molecule has 1 aromatic carbocycles. The fourth-order valence-corrected chi connectivity index (χ4v) is 5.85. The van der Waals surface area contributed by atoms with Crippen LogP contribution in [0, 0.1) is 27.4 Å². The SMILES string of the molecule is O=C(O)C12CC3CC(C1)CC(c1ccc(O)c([N+](=O)[O-])c1)(C3)C2. The molecule has 2 unspecified atom stereocenters. The minimum atomic E-state index is -0.718. The first-order valence-corrected chi connectivity index (χ1v) is 8.05. The molecule has 23 heavy (non-hydrogen) atoms. The molecular weight excluding hydrogens is 298 g/mol. The van der Waals surface area contributed by atoms with Gasteiger partial charge in [-0.25, -0.2) is 0 Å². The van der Waals surface area contributed by atoms with Gasteiger partial charge in [-0.2, -0.15) is 0 Å². The molecular formula is C17H19NO5. The number of aliphatic carboxylic acids is 1. The topological polar surface area (TPSA) is 101 Å². The second kappa shape index (κ2) is 4.46. The van der Waals surface area contributed by atoms with Gasteiger partial charge in [-0.05, 0) is 67.4 Å². The predicted octanol–water partition coefficient (Wildman–Crippen LogP) is 3.22. The molecule has 2 N–H and O–H groups in total. The van der Waals surface area contributed by atoms with Crippen molar-refractivity contribution in [2.75, 3.05) is 0 Å². The summed E-state index contributed by atoms with van der Waals surface area (Å²) in [5.41, 5.74) is -0.429. The number of carbonyl (C=O) groups is 1. The molecule has 122 valence electrons. The molecule has 4 aliphatic carbocycles. The first-order valence-electron chi connectivity index (χ1n) is 8.05. The van der Waals surface area contributed by atoms with Gasteiger partial charge in [0.25, 0.3) is 0 Å². The van der Waals surface area contributed by atoms with Crippen LogP contribution in [-0.2, 0) is 10.2 Å². The Kier molecular flexibility index (Phi) is 2.81. The summed E-state index contributed by atoms with van der Waals surface area (Å²) < 4.78 is 0. The summed E-state index contributed by atoms with van der Waals surface area (Å²) in [6.07, 6.45) is 4.92. The number of carboxylic acids is 1. The highest BCUT2D eigenvalue weighted by Crippen LogP contribution is 2.66. The maximum absolute atomic E-state index is 11.9. The third kappa shape index (κ3) is 1.97. The van der Waals surface area contributed by atoms with Gasteiger partial charge in [0.2, 0.25) is 0 Å². The van der Waals surface area contributed by atoms with E-state index in [9.17, 15) is 25.1 Å². The van der Waals surface area contributed by atoms with E-state index < -0.39 is 16.3 Å². The lowest BCUT2D eigenvalue weighted by atomic mass is 9.43. The van der Waals surface area contributed by atoms with E-state index in [1.54, 1.807) is 6.07 Å². The van der Waals surface area contributed by atoms with Gasteiger partial charge in [0.1, 0.15) is 0 Å². The fourth-order valence-electron chi connectivity index (χ4n) is 5.85. The van der Waals surface area contributed by atoms with Crippen molar-refractivity contribution in [2.45, 2.75) is 43.9 Å². The Hall–Kier alpha value is -2.11. The molecule has 4 aliphatic rings. The number of nitro groups is 1. The van der Waals surface area contributed by atoms with Gasteiger partial charge in [0.15, 0.2) is 5.75 Å². The van der Waals surface area contributed by atoms with Gasteiger partial charge in [-0.3, -0.25) is 14.9 Å². The zero-order valence-corrected chi connectivity index (χ0v) is 12.7. The summed E-state index contributed by atoms with van der Waals surface area (Å²) in [5.74, 6) is -0.277. The third-order valence-electron chi connectivity index (χ3n) is 6.30. The Morgan fingerprint density at radius 1 is 1.22 bits per heavy atom. The smallest absolute Gasteiger partial charge is 0.310 e. The Balaban J connectivity index is 1.81. The number of nitrogens with zero attached hydrogens (tertiary/aromatic N) is 1. The molecule has 4 fully saturated rings. The predicted molar refractivity (Wildman–Crippen MR) is 81.2 cm³/mol. The molecule has 0 spiro atoms. The number of hydrogen-bond donors (Lipinski definition) is 2. The average Bonchev–Trinajstić information content (AvgIpc) is 2.45. The molecule has 5 rings (SSSR count). The largest absolute Gasteiger partial charge is 0.502 e. The van der Waals surface area contributed by atoms with E-state index in [0.717, 1.165) is 37.7 Å². The Bertz CT molecular complexity index is 699. The molecule has 6 nitrogen and oxygen atoms in total. The van der Waals surface area contributed by atoms with Gasteiger partial charge in [0, 0.05) is 6.07 Å². The van der Waals surface area contributed by atoms with Crippen LogP contribution >= 0.6 is 0 Å². The minimum absolute atomic E-state index is 0.289. The van der Waals surface area contributed by atoms with Crippen molar-refractivity contribution in [2.24, 2.45) is 17.3 Å². The zero-order valence-electron chi connectivity index (χ0n) is 12.7. The Labute approximate surface area is 133 Å². The summed E-state index contributed by atoms with van der Waals surface area (Å²) in [4.78, 5) is 22.5. The van der Waals surface area contributed by atoms with E-state index in [4.69, 9.17) is 0 Å². The summed E-state index contributed by atoms with van der Waals surface area (Å²) in [6, 6.07) is 4.57. The van der Waals surface area contributed by atoms with Crippen LogP contribution in [0.4, 0.5) is 5.69 Å². The van der Waals surface area contributed by atoms with Crippen molar-refractivity contribution in [1.29, 1.82) is 0 Å². The molecule has 0 heterocycles. The van der Waals surface area contributed by atoms with Crippen LogP contribution in [0.1, 0.15) is 44.1 Å². The van der Waals surface area contributed by atoms with Crippen LogP contribution in [0.2, 0.25) is 0 Å². The molecule has 0 amide bonds. The number of hydrogen-bond acceptors (Lipinski definition) is 4. The highest BCUT2D eigenvalue weighted by atomic mass is 16.6. The van der Waals surface area contributed by atoms with E-state index in [0.29, 0.717) is 18.3 Å². The van der Waals surface area contributed by atoms with Crippen molar-refractivity contribution in [3.05, 3.63) is 33.9 Å². The lowest BCUT2D eigenvalue weighted by molar-refractivity contribution is -0.386. The maximum Gasteiger partial charge on any atom is 0.310 e. The number of nitro benzene ring substituents is 1. The van der Waals surface area contributed by atoms with E-state index in [1.165, 1.54) is 12.1 Å². The molecule has 1 aromatic rings. The molecule has 6 heteroatoms. The van der Waals surface area contributed by atoms with E-state index in [2.05, 4.69) is 0 Å². The molecule has 0 radical (unpaired) electrons. The van der Waals surface area contributed by atoms with E-state index in [1.807, 2.05) is 0 Å². The van der Waals surface area contributed by atoms with Crippen LogP contribution in [0.5, 0.6) is 5.75 Å². The van der Waals surface area contributed by atoms with Gasteiger partial charge in [-0.1, -0.05) is 6.07 Å². The summed E-state index contributed by atoms with van der Waals surface area (Å²) in [5, 5.41) is 30.6. The van der Waals surface area contributed by atoms with Gasteiger partial charge >= 0.3 is 11.7 Å². The summed E-state index contributed by atoms with van der Waals surface area (Å²) in [6.45, 7) is 0. The summed E-state index contributed by atoms with van der Waals surface area (Å²) in [7, 11) is 0. The van der Waals surface area contributed by atoms with Crippen molar-refractivity contribution in [1.82, 2.24) is 0 Å². The van der Waals surface area contributed by atoms with Gasteiger partial charge < -0.3 is 10.2 Å². The number of rotatable bonds is 3. The van der Waals surface area contributed by atoms with Crippen molar-refractivity contribution < 1.29 is 19.9 Å². The number of benzene rings is 1. The van der Waals surface area contributed by atoms with Crippen LogP contribution < -0.4 is 0 Å². The van der Waals surface area contributed by atoms with Crippen molar-refractivity contribution in [3.63, 3.8) is 0 Å². The maximum atomic E-state index is 11.9. The van der Waals surface area contributed by atoms with Crippen LogP contribution in [0.3, 0.4) is 0 Å². The van der Waals surface area contributed by atoms with Gasteiger partial charge in [0.05, 0.1) is 10.3 Å². The number of aromatic hydroxyl groups is 1. The normalized spacial score (nSPS) is 37.7. The highest BCUT2D eigenvalue weighted by molar-refractivity contribution is 5.76. The lowest BCUT2D eigenvalue weighted by Crippen LogP contribution is -2.56. The summed E-state index contributed by atoms with van der Waals surface area (Å²) >= 11 is 0. The molecule has 4 saturated carbocycles. The van der Waals surface area contributed by atoms with Crippen LogP contribution in [0.15, 0.2) is 18.2 Å². The minimum Gasteiger partial charge on any atom is -0.502 e. The first-order chi connectivity index (χ1) is 10.8. The molecule has 2 atom stereocenters. The monoisotopic (exact) mass is 317 g/mol. The van der Waals surface area contributed by atoms with Crippen LogP contribution in [0.25, 0.3) is 0 Å². The zero-order chi connectivity index (χ0) is 16.4. The molecule has 4 bridgehead atoms. The second-order valence-corrected chi connectivity index (χ2v) is 7.79. The Morgan fingerprint density at radius 3 is 2.43 bits per heavy atom. The molecule has 0 saturated heterocycles. The number of phenols is 1. The lowest BCUT2D eigenvalue weighted by Gasteiger charge is -2.60. The first kappa shape index (κ1) is 14.5.